The zero-order chi connectivity index (χ0) is 16.5. The summed E-state index contributed by atoms with van der Waals surface area (Å²) in [6.07, 6.45) is 2.32. The van der Waals surface area contributed by atoms with Gasteiger partial charge in [0.25, 0.3) is 11.8 Å². The number of rotatable bonds is 2. The summed E-state index contributed by atoms with van der Waals surface area (Å²) >= 11 is 1.53. The van der Waals surface area contributed by atoms with Crippen LogP contribution in [0.3, 0.4) is 0 Å². The van der Waals surface area contributed by atoms with Crippen molar-refractivity contribution in [2.24, 2.45) is 0 Å². The number of carbonyl (C=O) groups excluding carboxylic acids is 2. The van der Waals surface area contributed by atoms with E-state index in [-0.39, 0.29) is 17.1 Å². The average molecular weight is 337 g/mol. The highest BCUT2D eigenvalue weighted by molar-refractivity contribution is 8.01. The third-order valence-corrected chi connectivity index (χ3v) is 5.39. The molecule has 2 aromatic carbocycles. The normalized spacial score (nSPS) is 15.9. The molecule has 2 heterocycles. The van der Waals surface area contributed by atoms with Crippen molar-refractivity contribution in [3.63, 3.8) is 0 Å². The number of amides is 2. The lowest BCUT2D eigenvalue weighted by molar-refractivity contribution is -0.121. The number of H-pyrrole nitrogens is 1. The summed E-state index contributed by atoms with van der Waals surface area (Å²) in [6, 6.07) is 15.5. The van der Waals surface area contributed by atoms with Crippen LogP contribution in [0.15, 0.2) is 59.6 Å². The Morgan fingerprint density at radius 1 is 1.04 bits per heavy atom. The summed E-state index contributed by atoms with van der Waals surface area (Å²) < 4.78 is 0. The second-order valence-corrected chi connectivity index (χ2v) is 6.85. The standard InChI is InChI=1S/C18H15N3O2S/c22-17(13-10-19-14-7-3-2-6-12(13)14)20-21-18(23)16-9-11-5-1-4-8-15(11)24-16/h1-8,10,16,19H,9H2,(H,20,22)(H,21,23). The summed E-state index contributed by atoms with van der Waals surface area (Å²) in [5.74, 6) is -0.522. The number of thioether (sulfide) groups is 1. The Kier molecular flexibility index (Phi) is 3.74. The van der Waals surface area contributed by atoms with Crippen molar-refractivity contribution in [2.45, 2.75) is 16.6 Å². The van der Waals surface area contributed by atoms with E-state index in [1.807, 2.05) is 48.5 Å². The van der Waals surface area contributed by atoms with Gasteiger partial charge in [0.05, 0.1) is 10.8 Å². The Morgan fingerprint density at radius 3 is 2.71 bits per heavy atom. The number of fused-ring (bicyclic) bond motifs is 2. The summed E-state index contributed by atoms with van der Waals surface area (Å²) in [7, 11) is 0. The van der Waals surface area contributed by atoms with Gasteiger partial charge in [-0.15, -0.1) is 11.8 Å². The van der Waals surface area contributed by atoms with Gasteiger partial charge in [0.15, 0.2) is 0 Å². The Bertz CT molecular complexity index is 910. The highest BCUT2D eigenvalue weighted by atomic mass is 32.2. The quantitative estimate of drug-likeness (QED) is 0.630. The fraction of sp³-hybridized carbons (Fsp3) is 0.111. The number of hydrazine groups is 1. The molecule has 0 fully saturated rings. The van der Waals surface area contributed by atoms with Gasteiger partial charge in [-0.3, -0.25) is 20.4 Å². The monoisotopic (exact) mass is 337 g/mol. The van der Waals surface area contributed by atoms with Gasteiger partial charge in [0.1, 0.15) is 0 Å². The highest BCUT2D eigenvalue weighted by Crippen LogP contribution is 2.36. The third kappa shape index (κ3) is 2.65. The third-order valence-electron chi connectivity index (χ3n) is 4.07. The van der Waals surface area contributed by atoms with E-state index < -0.39 is 0 Å². The molecule has 0 bridgehead atoms. The van der Waals surface area contributed by atoms with Crippen LogP contribution in [-0.4, -0.2) is 22.0 Å². The van der Waals surface area contributed by atoms with Crippen LogP contribution in [-0.2, 0) is 11.2 Å². The van der Waals surface area contributed by atoms with Gasteiger partial charge in [0, 0.05) is 22.0 Å². The summed E-state index contributed by atoms with van der Waals surface area (Å²) in [6.45, 7) is 0. The van der Waals surface area contributed by atoms with Gasteiger partial charge in [-0.1, -0.05) is 36.4 Å². The maximum absolute atomic E-state index is 12.3. The highest BCUT2D eigenvalue weighted by Gasteiger charge is 2.28. The van der Waals surface area contributed by atoms with Crippen LogP contribution in [0.1, 0.15) is 15.9 Å². The molecule has 1 aliphatic heterocycles. The van der Waals surface area contributed by atoms with Crippen molar-refractivity contribution in [2.75, 3.05) is 0 Å². The van der Waals surface area contributed by atoms with E-state index in [1.54, 1.807) is 6.20 Å². The number of hydrogen-bond donors (Lipinski definition) is 3. The number of para-hydroxylation sites is 1. The lowest BCUT2D eigenvalue weighted by atomic mass is 10.1. The second kappa shape index (κ2) is 6.05. The minimum atomic E-state index is -0.332. The number of aromatic nitrogens is 1. The molecule has 6 heteroatoms. The number of nitrogens with one attached hydrogen (secondary N) is 3. The fourth-order valence-electron chi connectivity index (χ4n) is 2.85. The zero-order valence-electron chi connectivity index (χ0n) is 12.7. The van der Waals surface area contributed by atoms with Gasteiger partial charge in [-0.05, 0) is 24.1 Å². The van der Waals surface area contributed by atoms with Crippen LogP contribution in [0.5, 0.6) is 0 Å². The molecule has 3 N–H and O–H groups in total. The van der Waals surface area contributed by atoms with Crippen LogP contribution in [0.25, 0.3) is 10.9 Å². The molecular formula is C18H15N3O2S. The molecule has 0 aliphatic carbocycles. The van der Waals surface area contributed by atoms with Crippen LogP contribution < -0.4 is 10.9 Å². The molecular weight excluding hydrogens is 322 g/mol. The first-order valence-electron chi connectivity index (χ1n) is 7.63. The van der Waals surface area contributed by atoms with E-state index in [1.165, 1.54) is 17.3 Å². The predicted octanol–water partition coefficient (Wildman–Crippen LogP) is 2.65. The van der Waals surface area contributed by atoms with Crippen molar-refractivity contribution in [3.05, 3.63) is 65.9 Å². The van der Waals surface area contributed by atoms with Gasteiger partial charge in [-0.25, -0.2) is 0 Å². The van der Waals surface area contributed by atoms with Crippen LogP contribution in [0.2, 0.25) is 0 Å². The Morgan fingerprint density at radius 2 is 1.83 bits per heavy atom. The summed E-state index contributed by atoms with van der Waals surface area (Å²) in [4.78, 5) is 28.8. The molecule has 1 aliphatic rings. The minimum Gasteiger partial charge on any atom is -0.360 e. The number of benzene rings is 2. The maximum Gasteiger partial charge on any atom is 0.271 e. The van der Waals surface area contributed by atoms with Crippen molar-refractivity contribution < 1.29 is 9.59 Å². The molecule has 1 atom stereocenters. The fourth-order valence-corrected chi connectivity index (χ4v) is 4.05. The van der Waals surface area contributed by atoms with E-state index in [9.17, 15) is 9.59 Å². The number of carbonyl (C=O) groups is 2. The molecule has 0 saturated heterocycles. The van der Waals surface area contributed by atoms with Crippen LogP contribution in [0.4, 0.5) is 0 Å². The first kappa shape index (κ1) is 14.8. The molecule has 2 amide bonds. The molecule has 0 radical (unpaired) electrons. The Balaban J connectivity index is 1.40. The Hall–Kier alpha value is -2.73. The van der Waals surface area contributed by atoms with Crippen molar-refractivity contribution in [1.29, 1.82) is 0 Å². The second-order valence-electron chi connectivity index (χ2n) is 5.61. The van der Waals surface area contributed by atoms with Crippen molar-refractivity contribution in [1.82, 2.24) is 15.8 Å². The predicted molar refractivity (Wildman–Crippen MR) is 93.7 cm³/mol. The summed E-state index contributed by atoms with van der Waals surface area (Å²) in [5.41, 5.74) is 7.61. The smallest absolute Gasteiger partial charge is 0.271 e. The Labute approximate surface area is 142 Å². The molecule has 0 saturated carbocycles. The molecule has 5 nitrogen and oxygen atoms in total. The SMILES string of the molecule is O=C(NNC(=O)C1Cc2ccccc2S1)c1c[nH]c2ccccc12. The number of aromatic amines is 1. The molecule has 1 aromatic heterocycles. The summed E-state index contributed by atoms with van der Waals surface area (Å²) in [5, 5.41) is 0.609. The van der Waals surface area contributed by atoms with E-state index in [2.05, 4.69) is 15.8 Å². The lowest BCUT2D eigenvalue weighted by Gasteiger charge is -2.10. The van der Waals surface area contributed by atoms with Gasteiger partial charge >= 0.3 is 0 Å². The lowest BCUT2D eigenvalue weighted by Crippen LogP contribution is -2.45. The molecule has 24 heavy (non-hydrogen) atoms. The van der Waals surface area contributed by atoms with Crippen molar-refractivity contribution >= 4 is 34.5 Å². The maximum atomic E-state index is 12.3. The van der Waals surface area contributed by atoms with Crippen molar-refractivity contribution in [3.8, 4) is 0 Å². The molecule has 1 unspecified atom stereocenters. The van der Waals surface area contributed by atoms with Gasteiger partial charge in [0.2, 0.25) is 0 Å². The van der Waals surface area contributed by atoms with Gasteiger partial charge in [-0.2, -0.15) is 0 Å². The molecule has 3 aromatic rings. The van der Waals surface area contributed by atoms with E-state index in [0.29, 0.717) is 12.0 Å². The molecule has 120 valence electrons. The number of hydrogen-bond acceptors (Lipinski definition) is 3. The average Bonchev–Trinajstić information content (AvgIpc) is 3.23. The largest absolute Gasteiger partial charge is 0.360 e. The molecule has 4 rings (SSSR count). The van der Waals surface area contributed by atoms with Crippen LogP contribution >= 0.6 is 11.8 Å². The van der Waals surface area contributed by atoms with E-state index in [4.69, 9.17) is 0 Å². The minimum absolute atomic E-state index is 0.190. The van der Waals surface area contributed by atoms with E-state index >= 15 is 0 Å². The molecule has 0 spiro atoms. The first-order valence-corrected chi connectivity index (χ1v) is 8.51. The first-order chi connectivity index (χ1) is 11.7. The zero-order valence-corrected chi connectivity index (χ0v) is 13.5. The van der Waals surface area contributed by atoms with Gasteiger partial charge < -0.3 is 4.98 Å². The van der Waals surface area contributed by atoms with E-state index in [0.717, 1.165) is 15.8 Å². The van der Waals surface area contributed by atoms with Crippen LogP contribution in [0, 0.1) is 0 Å². The topological polar surface area (TPSA) is 74.0 Å².